The Morgan fingerprint density at radius 1 is 1.33 bits per heavy atom. The predicted octanol–water partition coefficient (Wildman–Crippen LogP) is 4.71. The van der Waals surface area contributed by atoms with Gasteiger partial charge >= 0.3 is 0 Å². The molecule has 0 fully saturated rings. The maximum Gasteiger partial charge on any atom is 0.184 e. The molecule has 4 heteroatoms. The molecule has 0 bridgehead atoms. The van der Waals surface area contributed by atoms with Crippen molar-refractivity contribution in [2.24, 2.45) is 0 Å². The molecule has 98 valence electrons. The summed E-state index contributed by atoms with van der Waals surface area (Å²) in [7, 11) is -1.45. The van der Waals surface area contributed by atoms with E-state index >= 15 is 0 Å². The minimum absolute atomic E-state index is 0.273. The van der Waals surface area contributed by atoms with E-state index in [-0.39, 0.29) is 6.10 Å². The Balaban J connectivity index is 2.19. The Morgan fingerprint density at radius 2 is 2.06 bits per heavy atom. The van der Waals surface area contributed by atoms with Crippen molar-refractivity contribution in [3.8, 4) is 0 Å². The number of H-pyrrole nitrogens is 1. The zero-order chi connectivity index (χ0) is 13.3. The number of rotatable bonds is 4. The number of hydrogen-bond acceptors (Lipinski definition) is 1. The highest BCUT2D eigenvalue weighted by Gasteiger charge is 2.19. The lowest BCUT2D eigenvalue weighted by molar-refractivity contribution is 0.215. The zero-order valence-electron chi connectivity index (χ0n) is 11.4. The van der Waals surface area contributed by atoms with Gasteiger partial charge in [0.2, 0.25) is 0 Å². The van der Waals surface area contributed by atoms with Gasteiger partial charge in [-0.25, -0.2) is 0 Å². The molecule has 1 aromatic heterocycles. The monoisotopic (exact) mass is 325 g/mol. The van der Waals surface area contributed by atoms with Crippen LogP contribution in [0.5, 0.6) is 0 Å². The molecule has 1 aromatic carbocycles. The average molecular weight is 326 g/mol. The van der Waals surface area contributed by atoms with Gasteiger partial charge in [-0.1, -0.05) is 15.9 Å². The molecule has 0 amide bonds. The number of aromatic amines is 1. The number of hydrogen-bond donors (Lipinski definition) is 1. The van der Waals surface area contributed by atoms with Gasteiger partial charge in [-0.15, -0.1) is 0 Å². The molecular formula is C14H20BrNOSi. The number of halogens is 1. The number of nitrogens with one attached hydrogen (secondary N) is 1. The second-order valence-electron chi connectivity index (χ2n) is 5.75. The van der Waals surface area contributed by atoms with E-state index < -0.39 is 8.32 Å². The van der Waals surface area contributed by atoms with Crippen LogP contribution in [0.15, 0.2) is 28.9 Å². The Hall–Kier alpha value is -0.583. The molecule has 0 spiro atoms. The first-order valence-corrected chi connectivity index (χ1v) is 10.5. The van der Waals surface area contributed by atoms with E-state index in [0.29, 0.717) is 0 Å². The van der Waals surface area contributed by atoms with Gasteiger partial charge in [0, 0.05) is 27.7 Å². The lowest BCUT2D eigenvalue weighted by atomic mass is 10.1. The van der Waals surface area contributed by atoms with Crippen molar-refractivity contribution in [1.82, 2.24) is 4.98 Å². The van der Waals surface area contributed by atoms with Gasteiger partial charge in [0.25, 0.3) is 0 Å². The highest BCUT2D eigenvalue weighted by Crippen LogP contribution is 2.24. The third kappa shape index (κ3) is 3.46. The van der Waals surface area contributed by atoms with E-state index in [0.717, 1.165) is 10.9 Å². The summed E-state index contributed by atoms with van der Waals surface area (Å²) in [6.45, 7) is 8.86. The Morgan fingerprint density at radius 3 is 2.72 bits per heavy atom. The minimum atomic E-state index is -1.45. The fourth-order valence-electron chi connectivity index (χ4n) is 2.27. The van der Waals surface area contributed by atoms with E-state index in [4.69, 9.17) is 4.43 Å². The van der Waals surface area contributed by atoms with Gasteiger partial charge in [-0.2, -0.15) is 0 Å². The lowest BCUT2D eigenvalue weighted by Gasteiger charge is -2.23. The maximum atomic E-state index is 6.10. The molecule has 1 heterocycles. The fraction of sp³-hybridized carbons (Fsp3) is 0.429. The van der Waals surface area contributed by atoms with Crippen molar-refractivity contribution < 1.29 is 4.43 Å². The first-order chi connectivity index (χ1) is 8.35. The number of aromatic nitrogens is 1. The molecule has 0 saturated heterocycles. The molecule has 0 aliphatic rings. The van der Waals surface area contributed by atoms with E-state index in [2.05, 4.69) is 71.9 Å². The first kappa shape index (κ1) is 13.8. The molecule has 2 rings (SSSR count). The molecule has 0 aliphatic carbocycles. The number of benzene rings is 1. The highest BCUT2D eigenvalue weighted by molar-refractivity contribution is 9.10. The van der Waals surface area contributed by atoms with Crippen molar-refractivity contribution in [1.29, 1.82) is 0 Å². The highest BCUT2D eigenvalue weighted by atomic mass is 79.9. The molecule has 1 unspecified atom stereocenters. The van der Waals surface area contributed by atoms with Gasteiger partial charge < -0.3 is 9.41 Å². The van der Waals surface area contributed by atoms with Gasteiger partial charge in [0.05, 0.1) is 0 Å². The second-order valence-corrected chi connectivity index (χ2v) is 11.1. The van der Waals surface area contributed by atoms with Crippen LogP contribution in [0.4, 0.5) is 0 Å². The molecule has 0 radical (unpaired) electrons. The normalized spacial score (nSPS) is 14.1. The van der Waals surface area contributed by atoms with E-state index in [1.54, 1.807) is 0 Å². The van der Waals surface area contributed by atoms with E-state index in [1.807, 2.05) is 0 Å². The molecular weight excluding hydrogens is 306 g/mol. The van der Waals surface area contributed by atoms with Crippen molar-refractivity contribution in [3.63, 3.8) is 0 Å². The van der Waals surface area contributed by atoms with Crippen LogP contribution in [0.1, 0.15) is 12.5 Å². The van der Waals surface area contributed by atoms with Crippen LogP contribution in [0.3, 0.4) is 0 Å². The van der Waals surface area contributed by atoms with Crippen molar-refractivity contribution in [2.45, 2.75) is 39.1 Å². The third-order valence-corrected chi connectivity index (χ3v) is 4.39. The lowest BCUT2D eigenvalue weighted by Crippen LogP contribution is -2.31. The number of fused-ring (bicyclic) bond motifs is 1. The molecule has 1 atom stereocenters. The van der Waals surface area contributed by atoms with Crippen LogP contribution in [-0.4, -0.2) is 19.4 Å². The summed E-state index contributed by atoms with van der Waals surface area (Å²) in [5, 5.41) is 1.29. The quantitative estimate of drug-likeness (QED) is 0.809. The molecule has 0 aliphatic heterocycles. The van der Waals surface area contributed by atoms with Gasteiger partial charge in [0.1, 0.15) is 0 Å². The van der Waals surface area contributed by atoms with Gasteiger partial charge in [0.15, 0.2) is 8.32 Å². The Bertz CT molecular complexity index is 544. The van der Waals surface area contributed by atoms with Gasteiger partial charge in [-0.3, -0.25) is 0 Å². The summed E-state index contributed by atoms with van der Waals surface area (Å²) in [5.41, 5.74) is 2.52. The topological polar surface area (TPSA) is 25.0 Å². The van der Waals surface area contributed by atoms with E-state index in [9.17, 15) is 0 Å². The van der Waals surface area contributed by atoms with Crippen molar-refractivity contribution in [2.75, 3.05) is 0 Å². The van der Waals surface area contributed by atoms with Crippen LogP contribution in [0.25, 0.3) is 10.9 Å². The third-order valence-electron chi connectivity index (χ3n) is 2.79. The van der Waals surface area contributed by atoms with Crippen LogP contribution in [0.2, 0.25) is 19.6 Å². The summed E-state index contributed by atoms with van der Waals surface area (Å²) < 4.78 is 7.22. The first-order valence-electron chi connectivity index (χ1n) is 6.28. The molecule has 2 nitrogen and oxygen atoms in total. The molecule has 1 N–H and O–H groups in total. The van der Waals surface area contributed by atoms with Crippen LogP contribution in [0, 0.1) is 0 Å². The average Bonchev–Trinajstić information content (AvgIpc) is 2.58. The van der Waals surface area contributed by atoms with Crippen LogP contribution in [-0.2, 0) is 10.8 Å². The minimum Gasteiger partial charge on any atom is -0.415 e. The van der Waals surface area contributed by atoms with Gasteiger partial charge in [-0.05, 0) is 56.7 Å². The summed E-state index contributed by atoms with van der Waals surface area (Å²) in [5.74, 6) is 0. The summed E-state index contributed by atoms with van der Waals surface area (Å²) in [6.07, 6.45) is 3.33. The largest absolute Gasteiger partial charge is 0.415 e. The molecule has 0 saturated carbocycles. The van der Waals surface area contributed by atoms with Crippen molar-refractivity contribution >= 4 is 35.2 Å². The standard InChI is InChI=1S/C14H20BrNOSi/c1-10(17-18(2,3)4)7-11-9-16-14-6-5-12(15)8-13(11)14/h5-6,8-10,16H,7H2,1-4H3. The SMILES string of the molecule is CC(Cc1c[nH]c2ccc(Br)cc12)O[Si](C)(C)C. The van der Waals surface area contributed by atoms with Crippen molar-refractivity contribution in [3.05, 3.63) is 34.4 Å². The Labute approximate surface area is 118 Å². The summed E-state index contributed by atoms with van der Waals surface area (Å²) in [4.78, 5) is 3.32. The maximum absolute atomic E-state index is 6.10. The smallest absolute Gasteiger partial charge is 0.184 e. The summed E-state index contributed by atoms with van der Waals surface area (Å²) in [6, 6.07) is 6.33. The molecule has 18 heavy (non-hydrogen) atoms. The zero-order valence-corrected chi connectivity index (χ0v) is 14.0. The predicted molar refractivity (Wildman–Crippen MR) is 83.6 cm³/mol. The van der Waals surface area contributed by atoms with Crippen LogP contribution >= 0.6 is 15.9 Å². The second kappa shape index (κ2) is 5.19. The fourth-order valence-corrected chi connectivity index (χ4v) is 3.93. The Kier molecular flexibility index (Phi) is 3.99. The van der Waals surface area contributed by atoms with E-state index in [1.165, 1.54) is 16.5 Å². The summed E-state index contributed by atoms with van der Waals surface area (Å²) >= 11 is 3.53. The molecule has 2 aromatic rings. The van der Waals surface area contributed by atoms with Crippen LogP contribution < -0.4 is 0 Å².